The molecule has 106 valence electrons. The lowest BCUT2D eigenvalue weighted by Crippen LogP contribution is -2.54. The third kappa shape index (κ3) is 3.25. The summed E-state index contributed by atoms with van der Waals surface area (Å²) in [6, 6.07) is 0.327. The predicted molar refractivity (Wildman–Crippen MR) is 75.7 cm³/mol. The van der Waals surface area contributed by atoms with Crippen LogP contribution < -0.4 is 5.32 Å². The van der Waals surface area contributed by atoms with E-state index in [1.807, 2.05) is 0 Å². The van der Waals surface area contributed by atoms with Crippen molar-refractivity contribution in [3.8, 4) is 0 Å². The highest BCUT2D eigenvalue weighted by Crippen LogP contribution is 2.32. The summed E-state index contributed by atoms with van der Waals surface area (Å²) < 4.78 is 0. The molecule has 3 heteroatoms. The van der Waals surface area contributed by atoms with E-state index in [-0.39, 0.29) is 0 Å². The molecular formula is C15H30N2O. The number of rotatable bonds is 3. The van der Waals surface area contributed by atoms with Gasteiger partial charge in [-0.05, 0) is 57.7 Å². The Kier molecular flexibility index (Phi) is 5.05. The largest absolute Gasteiger partial charge is 0.388 e. The first-order valence-corrected chi connectivity index (χ1v) is 7.86. The molecule has 2 N–H and O–H groups in total. The molecule has 2 aliphatic heterocycles. The van der Waals surface area contributed by atoms with Crippen molar-refractivity contribution in [2.75, 3.05) is 26.2 Å². The number of hydrogen-bond acceptors (Lipinski definition) is 3. The average molecular weight is 254 g/mol. The molecule has 0 saturated carbocycles. The van der Waals surface area contributed by atoms with Gasteiger partial charge in [0.1, 0.15) is 0 Å². The first-order valence-electron chi connectivity index (χ1n) is 7.86. The van der Waals surface area contributed by atoms with Crippen LogP contribution in [0.15, 0.2) is 0 Å². The normalized spacial score (nSPS) is 39.5. The fraction of sp³-hybridized carbons (Fsp3) is 1.00. The van der Waals surface area contributed by atoms with E-state index in [1.165, 1.54) is 19.3 Å². The molecule has 2 fully saturated rings. The van der Waals surface area contributed by atoms with Crippen molar-refractivity contribution < 1.29 is 5.11 Å². The first kappa shape index (κ1) is 14.3. The van der Waals surface area contributed by atoms with Gasteiger partial charge >= 0.3 is 0 Å². The van der Waals surface area contributed by atoms with Crippen molar-refractivity contribution in [1.29, 1.82) is 0 Å². The third-order valence-corrected chi connectivity index (χ3v) is 5.13. The van der Waals surface area contributed by atoms with Gasteiger partial charge < -0.3 is 15.3 Å². The van der Waals surface area contributed by atoms with E-state index in [2.05, 4.69) is 24.1 Å². The number of hydrogen-bond donors (Lipinski definition) is 2. The second-order valence-electron chi connectivity index (χ2n) is 6.20. The average Bonchev–Trinajstić information content (AvgIpc) is 2.61. The third-order valence-electron chi connectivity index (χ3n) is 5.13. The molecule has 0 aromatic carbocycles. The Hall–Kier alpha value is -0.120. The highest BCUT2D eigenvalue weighted by atomic mass is 16.3. The predicted octanol–water partition coefficient (Wildman–Crippen LogP) is 2.00. The molecular weight excluding hydrogens is 224 g/mol. The maximum Gasteiger partial charge on any atom is 0.0812 e. The number of likely N-dealkylation sites (tertiary alicyclic amines) is 1. The monoisotopic (exact) mass is 254 g/mol. The van der Waals surface area contributed by atoms with Crippen LogP contribution in [0.1, 0.15) is 52.4 Å². The Morgan fingerprint density at radius 1 is 1.28 bits per heavy atom. The number of nitrogens with zero attached hydrogens (tertiary/aromatic N) is 1. The SMILES string of the molecule is CCC1CCNC(C2(O)CCCN(CC)CC2)C1. The van der Waals surface area contributed by atoms with Crippen LogP contribution in [0.4, 0.5) is 0 Å². The molecule has 3 unspecified atom stereocenters. The summed E-state index contributed by atoms with van der Waals surface area (Å²) in [6.45, 7) is 8.92. The van der Waals surface area contributed by atoms with Crippen LogP contribution in [-0.4, -0.2) is 47.8 Å². The highest BCUT2D eigenvalue weighted by Gasteiger charge is 2.39. The Bertz CT molecular complexity index is 259. The topological polar surface area (TPSA) is 35.5 Å². The van der Waals surface area contributed by atoms with Gasteiger partial charge in [-0.1, -0.05) is 20.3 Å². The summed E-state index contributed by atoms with van der Waals surface area (Å²) in [5, 5.41) is 14.6. The van der Waals surface area contributed by atoms with Crippen LogP contribution in [0.3, 0.4) is 0 Å². The van der Waals surface area contributed by atoms with E-state index < -0.39 is 5.60 Å². The molecule has 18 heavy (non-hydrogen) atoms. The van der Waals surface area contributed by atoms with Crippen LogP contribution in [0, 0.1) is 5.92 Å². The molecule has 2 rings (SSSR count). The zero-order valence-corrected chi connectivity index (χ0v) is 12.1. The van der Waals surface area contributed by atoms with Crippen LogP contribution in [-0.2, 0) is 0 Å². The van der Waals surface area contributed by atoms with Crippen LogP contribution in [0.2, 0.25) is 0 Å². The standard InChI is InChI=1S/C15H30N2O/c1-3-13-6-9-16-14(12-13)15(18)7-5-10-17(4-2)11-8-15/h13-14,16,18H,3-12H2,1-2H3. The fourth-order valence-corrected chi connectivity index (χ4v) is 3.64. The molecule has 2 heterocycles. The van der Waals surface area contributed by atoms with Gasteiger partial charge in [0.05, 0.1) is 5.60 Å². The van der Waals surface area contributed by atoms with E-state index in [0.717, 1.165) is 51.4 Å². The van der Waals surface area contributed by atoms with Crippen LogP contribution in [0.25, 0.3) is 0 Å². The lowest BCUT2D eigenvalue weighted by atomic mass is 9.78. The lowest BCUT2D eigenvalue weighted by molar-refractivity contribution is -0.0267. The maximum absolute atomic E-state index is 11.0. The van der Waals surface area contributed by atoms with E-state index >= 15 is 0 Å². The van der Waals surface area contributed by atoms with Crippen molar-refractivity contribution >= 4 is 0 Å². The number of nitrogens with one attached hydrogen (secondary N) is 1. The number of piperidine rings is 1. The van der Waals surface area contributed by atoms with Crippen molar-refractivity contribution in [3.05, 3.63) is 0 Å². The Morgan fingerprint density at radius 2 is 2.11 bits per heavy atom. The smallest absolute Gasteiger partial charge is 0.0812 e. The van der Waals surface area contributed by atoms with Crippen molar-refractivity contribution in [3.63, 3.8) is 0 Å². The summed E-state index contributed by atoms with van der Waals surface area (Å²) >= 11 is 0. The molecule has 0 bridgehead atoms. The summed E-state index contributed by atoms with van der Waals surface area (Å²) in [5.74, 6) is 0.811. The Morgan fingerprint density at radius 3 is 2.83 bits per heavy atom. The van der Waals surface area contributed by atoms with Crippen molar-refractivity contribution in [1.82, 2.24) is 10.2 Å². The summed E-state index contributed by atoms with van der Waals surface area (Å²) in [6.07, 6.45) is 6.75. The maximum atomic E-state index is 11.0. The van der Waals surface area contributed by atoms with Gasteiger partial charge in [0.25, 0.3) is 0 Å². The van der Waals surface area contributed by atoms with Gasteiger partial charge in [-0.25, -0.2) is 0 Å². The minimum atomic E-state index is -0.461. The zero-order chi connectivity index (χ0) is 13.0. The molecule has 0 aromatic heterocycles. The Labute approximate surface area is 112 Å². The molecule has 2 saturated heterocycles. The van der Waals surface area contributed by atoms with E-state index in [0.29, 0.717) is 6.04 Å². The molecule has 0 aromatic rings. The Balaban J connectivity index is 1.96. The van der Waals surface area contributed by atoms with Gasteiger partial charge in [0, 0.05) is 12.6 Å². The van der Waals surface area contributed by atoms with E-state index in [9.17, 15) is 5.11 Å². The highest BCUT2D eigenvalue weighted by molar-refractivity contribution is 4.96. The lowest BCUT2D eigenvalue weighted by Gasteiger charge is -2.41. The van der Waals surface area contributed by atoms with E-state index in [4.69, 9.17) is 0 Å². The quantitative estimate of drug-likeness (QED) is 0.808. The van der Waals surface area contributed by atoms with Crippen molar-refractivity contribution in [2.24, 2.45) is 5.92 Å². The summed E-state index contributed by atoms with van der Waals surface area (Å²) in [4.78, 5) is 2.47. The zero-order valence-electron chi connectivity index (χ0n) is 12.1. The van der Waals surface area contributed by atoms with Gasteiger partial charge in [-0.3, -0.25) is 0 Å². The minimum Gasteiger partial charge on any atom is -0.388 e. The molecule has 2 aliphatic rings. The number of aliphatic hydroxyl groups is 1. The van der Waals surface area contributed by atoms with Gasteiger partial charge in [-0.2, -0.15) is 0 Å². The molecule has 0 radical (unpaired) electrons. The molecule has 3 nitrogen and oxygen atoms in total. The molecule has 3 atom stereocenters. The first-order chi connectivity index (χ1) is 8.68. The van der Waals surface area contributed by atoms with Crippen LogP contribution >= 0.6 is 0 Å². The fourth-order valence-electron chi connectivity index (χ4n) is 3.64. The van der Waals surface area contributed by atoms with Gasteiger partial charge in [-0.15, -0.1) is 0 Å². The second-order valence-corrected chi connectivity index (χ2v) is 6.20. The minimum absolute atomic E-state index is 0.327. The summed E-state index contributed by atoms with van der Waals surface area (Å²) in [7, 11) is 0. The van der Waals surface area contributed by atoms with E-state index in [1.54, 1.807) is 0 Å². The van der Waals surface area contributed by atoms with Gasteiger partial charge in [0.2, 0.25) is 0 Å². The molecule has 0 spiro atoms. The molecule has 0 aliphatic carbocycles. The second kappa shape index (κ2) is 6.36. The summed E-state index contributed by atoms with van der Waals surface area (Å²) in [5.41, 5.74) is -0.461. The van der Waals surface area contributed by atoms with Crippen molar-refractivity contribution in [2.45, 2.75) is 64.0 Å². The van der Waals surface area contributed by atoms with Crippen LogP contribution in [0.5, 0.6) is 0 Å². The molecule has 0 amide bonds. The van der Waals surface area contributed by atoms with Gasteiger partial charge in [0.15, 0.2) is 0 Å².